The smallest absolute Gasteiger partial charge is 0.315 e. The number of methoxy groups -OCH3 is 1. The van der Waals surface area contributed by atoms with Crippen LogP contribution in [0, 0.1) is 5.82 Å². The number of nitrogens with one attached hydrogen (secondary N) is 2. The van der Waals surface area contributed by atoms with Crippen molar-refractivity contribution in [2.24, 2.45) is 0 Å². The number of rotatable bonds is 6. The highest BCUT2D eigenvalue weighted by atomic mass is 19.1. The van der Waals surface area contributed by atoms with Crippen LogP contribution in [0.1, 0.15) is 18.9 Å². The molecule has 0 saturated carbocycles. The molecule has 6 heteroatoms. The number of hydrogen-bond donors (Lipinski definition) is 3. The fraction of sp³-hybridized carbons (Fsp3) is 0.462. The Labute approximate surface area is 111 Å². The van der Waals surface area contributed by atoms with Crippen molar-refractivity contribution in [3.8, 4) is 5.75 Å². The normalized spacial score (nSPS) is 11.8. The summed E-state index contributed by atoms with van der Waals surface area (Å²) in [6.07, 6.45) is 0.637. The number of carbonyl (C=O) groups excluding carboxylic acids is 1. The highest BCUT2D eigenvalue weighted by molar-refractivity contribution is 5.74. The van der Waals surface area contributed by atoms with Gasteiger partial charge in [-0.3, -0.25) is 0 Å². The average molecular weight is 270 g/mol. The summed E-state index contributed by atoms with van der Waals surface area (Å²) < 4.78 is 18.2. The zero-order valence-electron chi connectivity index (χ0n) is 11.1. The molecular weight excluding hydrogens is 251 g/mol. The lowest BCUT2D eigenvalue weighted by Crippen LogP contribution is -2.43. The molecule has 0 heterocycles. The molecule has 1 aromatic carbocycles. The molecule has 0 aromatic heterocycles. The first-order chi connectivity index (χ1) is 9.08. The van der Waals surface area contributed by atoms with Crippen LogP contribution in [-0.2, 0) is 6.54 Å². The van der Waals surface area contributed by atoms with Crippen molar-refractivity contribution < 1.29 is 19.0 Å². The number of aliphatic hydroxyl groups excluding tert-OH is 1. The van der Waals surface area contributed by atoms with Gasteiger partial charge in [-0.05, 0) is 24.1 Å². The van der Waals surface area contributed by atoms with E-state index in [1.807, 2.05) is 6.92 Å². The first kappa shape index (κ1) is 15.2. The van der Waals surface area contributed by atoms with E-state index >= 15 is 0 Å². The van der Waals surface area contributed by atoms with Crippen LogP contribution in [0.15, 0.2) is 18.2 Å². The van der Waals surface area contributed by atoms with Crippen molar-refractivity contribution in [3.05, 3.63) is 29.6 Å². The van der Waals surface area contributed by atoms with Crippen LogP contribution >= 0.6 is 0 Å². The predicted octanol–water partition coefficient (Wildman–Crippen LogP) is 1.40. The molecule has 1 unspecified atom stereocenters. The Kier molecular flexibility index (Phi) is 6.08. The maximum absolute atomic E-state index is 13.2. The molecule has 0 radical (unpaired) electrons. The van der Waals surface area contributed by atoms with E-state index in [0.717, 1.165) is 0 Å². The van der Waals surface area contributed by atoms with E-state index in [1.165, 1.54) is 19.2 Å². The molecule has 2 amide bonds. The molecule has 0 saturated heterocycles. The lowest BCUT2D eigenvalue weighted by atomic mass is 10.2. The number of benzene rings is 1. The van der Waals surface area contributed by atoms with Gasteiger partial charge in [0.25, 0.3) is 0 Å². The van der Waals surface area contributed by atoms with Crippen LogP contribution < -0.4 is 15.4 Å². The fourth-order valence-electron chi connectivity index (χ4n) is 1.54. The lowest BCUT2D eigenvalue weighted by Gasteiger charge is -2.15. The third-order valence-electron chi connectivity index (χ3n) is 2.67. The van der Waals surface area contributed by atoms with Crippen LogP contribution in [0.3, 0.4) is 0 Å². The molecule has 106 valence electrons. The molecule has 3 N–H and O–H groups in total. The summed E-state index contributed by atoms with van der Waals surface area (Å²) in [5.74, 6) is -0.0163. The minimum Gasteiger partial charge on any atom is -0.497 e. The lowest BCUT2D eigenvalue weighted by molar-refractivity contribution is 0.214. The van der Waals surface area contributed by atoms with E-state index in [1.54, 1.807) is 6.07 Å². The number of urea groups is 1. The minimum absolute atomic E-state index is 0.113. The van der Waals surface area contributed by atoms with Gasteiger partial charge in [0.05, 0.1) is 19.8 Å². The number of aliphatic hydroxyl groups is 1. The van der Waals surface area contributed by atoms with E-state index in [0.29, 0.717) is 17.7 Å². The van der Waals surface area contributed by atoms with Crippen LogP contribution in [0.25, 0.3) is 0 Å². The largest absolute Gasteiger partial charge is 0.497 e. The summed E-state index contributed by atoms with van der Waals surface area (Å²) in [6, 6.07) is 3.56. The van der Waals surface area contributed by atoms with E-state index in [-0.39, 0.29) is 19.2 Å². The van der Waals surface area contributed by atoms with Gasteiger partial charge in [-0.15, -0.1) is 0 Å². The van der Waals surface area contributed by atoms with Crippen molar-refractivity contribution in [2.75, 3.05) is 13.7 Å². The first-order valence-electron chi connectivity index (χ1n) is 6.07. The third-order valence-corrected chi connectivity index (χ3v) is 2.67. The van der Waals surface area contributed by atoms with Crippen molar-refractivity contribution in [1.29, 1.82) is 0 Å². The standard InChI is InChI=1S/C13H19FN2O3/c1-3-11(8-17)16-13(18)15-7-9-4-10(14)6-12(5-9)19-2/h4-6,11,17H,3,7-8H2,1-2H3,(H2,15,16,18). The zero-order chi connectivity index (χ0) is 14.3. The second-order valence-corrected chi connectivity index (χ2v) is 4.11. The third kappa shape index (κ3) is 5.13. The summed E-state index contributed by atoms with van der Waals surface area (Å²) in [5.41, 5.74) is 0.601. The molecule has 0 spiro atoms. The molecule has 1 aromatic rings. The summed E-state index contributed by atoms with van der Waals surface area (Å²) in [5, 5.41) is 14.2. The number of carbonyl (C=O) groups is 1. The zero-order valence-corrected chi connectivity index (χ0v) is 11.1. The molecule has 1 rings (SSSR count). The first-order valence-corrected chi connectivity index (χ1v) is 6.07. The van der Waals surface area contributed by atoms with E-state index < -0.39 is 11.8 Å². The Hall–Kier alpha value is -1.82. The average Bonchev–Trinajstić information content (AvgIpc) is 2.41. The highest BCUT2D eigenvalue weighted by Gasteiger charge is 2.09. The maximum Gasteiger partial charge on any atom is 0.315 e. The molecule has 1 atom stereocenters. The molecule has 0 bridgehead atoms. The highest BCUT2D eigenvalue weighted by Crippen LogP contribution is 2.15. The summed E-state index contributed by atoms with van der Waals surface area (Å²) >= 11 is 0. The van der Waals surface area contributed by atoms with Gasteiger partial charge in [0.15, 0.2) is 0 Å². The predicted molar refractivity (Wildman–Crippen MR) is 69.5 cm³/mol. The van der Waals surface area contributed by atoms with Crippen molar-refractivity contribution >= 4 is 6.03 Å². The molecule has 0 fully saturated rings. The van der Waals surface area contributed by atoms with Gasteiger partial charge in [0.2, 0.25) is 0 Å². The van der Waals surface area contributed by atoms with Crippen molar-refractivity contribution in [2.45, 2.75) is 25.9 Å². The van der Waals surface area contributed by atoms with Crippen molar-refractivity contribution in [3.63, 3.8) is 0 Å². The second kappa shape index (κ2) is 7.58. The van der Waals surface area contributed by atoms with E-state index in [4.69, 9.17) is 9.84 Å². The Bertz CT molecular complexity index is 422. The van der Waals surface area contributed by atoms with Gasteiger partial charge in [-0.1, -0.05) is 6.92 Å². The van der Waals surface area contributed by atoms with Gasteiger partial charge in [0, 0.05) is 12.6 Å². The van der Waals surface area contributed by atoms with Crippen molar-refractivity contribution in [1.82, 2.24) is 10.6 Å². The Balaban J connectivity index is 2.52. The number of hydrogen-bond acceptors (Lipinski definition) is 3. The Morgan fingerprint density at radius 2 is 2.21 bits per heavy atom. The van der Waals surface area contributed by atoms with Crippen LogP contribution in [-0.4, -0.2) is 30.9 Å². The SMILES string of the molecule is CCC(CO)NC(=O)NCc1cc(F)cc(OC)c1. The molecule has 5 nitrogen and oxygen atoms in total. The molecule has 0 aliphatic heterocycles. The molecule has 0 aliphatic rings. The topological polar surface area (TPSA) is 70.6 Å². The van der Waals surface area contributed by atoms with E-state index in [2.05, 4.69) is 10.6 Å². The van der Waals surface area contributed by atoms with Gasteiger partial charge in [-0.25, -0.2) is 9.18 Å². The summed E-state index contributed by atoms with van der Waals surface area (Å²) in [7, 11) is 1.45. The van der Waals surface area contributed by atoms with Crippen LogP contribution in [0.4, 0.5) is 9.18 Å². The maximum atomic E-state index is 13.2. The van der Waals surface area contributed by atoms with Gasteiger partial charge in [0.1, 0.15) is 11.6 Å². The molecule has 19 heavy (non-hydrogen) atoms. The summed E-state index contributed by atoms with van der Waals surface area (Å²) in [6.45, 7) is 1.93. The summed E-state index contributed by atoms with van der Waals surface area (Å²) in [4.78, 5) is 11.5. The Morgan fingerprint density at radius 1 is 1.47 bits per heavy atom. The number of ether oxygens (including phenoxy) is 1. The number of amides is 2. The van der Waals surface area contributed by atoms with Gasteiger partial charge < -0.3 is 20.5 Å². The second-order valence-electron chi connectivity index (χ2n) is 4.11. The quantitative estimate of drug-likeness (QED) is 0.732. The van der Waals surface area contributed by atoms with Gasteiger partial charge >= 0.3 is 6.03 Å². The fourth-order valence-corrected chi connectivity index (χ4v) is 1.54. The monoisotopic (exact) mass is 270 g/mol. The Morgan fingerprint density at radius 3 is 2.79 bits per heavy atom. The van der Waals surface area contributed by atoms with E-state index in [9.17, 15) is 9.18 Å². The van der Waals surface area contributed by atoms with Gasteiger partial charge in [-0.2, -0.15) is 0 Å². The minimum atomic E-state index is -0.418. The van der Waals surface area contributed by atoms with Crippen LogP contribution in [0.5, 0.6) is 5.75 Å². The molecular formula is C13H19FN2O3. The number of halogens is 1. The molecule has 0 aliphatic carbocycles. The van der Waals surface area contributed by atoms with Crippen LogP contribution in [0.2, 0.25) is 0 Å².